The summed E-state index contributed by atoms with van der Waals surface area (Å²) in [4.78, 5) is 8.53. The van der Waals surface area contributed by atoms with Crippen molar-refractivity contribution in [2.45, 2.75) is 20.3 Å². The van der Waals surface area contributed by atoms with Crippen LogP contribution in [0.15, 0.2) is 41.7 Å². The van der Waals surface area contributed by atoms with E-state index in [9.17, 15) is 9.67 Å². The number of methoxy groups -OCH3 is 2. The predicted octanol–water partition coefficient (Wildman–Crippen LogP) is 4.34. The summed E-state index contributed by atoms with van der Waals surface area (Å²) < 4.78 is 34.8. The van der Waals surface area contributed by atoms with Crippen LogP contribution in [0, 0.1) is 0 Å². The summed E-state index contributed by atoms with van der Waals surface area (Å²) in [6.45, 7) is 3.87. The number of phenolic OH excluding ortho intramolecular Hbond substituents is 1. The van der Waals surface area contributed by atoms with E-state index in [4.69, 9.17) is 18.5 Å². The van der Waals surface area contributed by atoms with Crippen LogP contribution in [-0.4, -0.2) is 43.0 Å². The van der Waals surface area contributed by atoms with E-state index in [-0.39, 0.29) is 42.3 Å². The van der Waals surface area contributed by atoms with Gasteiger partial charge in [0, 0.05) is 12.6 Å². The molecule has 0 aliphatic heterocycles. The molecule has 0 saturated heterocycles. The molecule has 2 aromatic rings. The minimum Gasteiger partial charge on any atom is -0.502 e. The Morgan fingerprint density at radius 1 is 1.14 bits per heavy atom. The zero-order valence-corrected chi connectivity index (χ0v) is 17.3. The van der Waals surface area contributed by atoms with Gasteiger partial charge in [0.1, 0.15) is 5.45 Å². The topological polar surface area (TPSA) is 99.5 Å². The molecule has 0 bridgehead atoms. The van der Waals surface area contributed by atoms with Gasteiger partial charge in [-0.25, -0.2) is 4.99 Å². The number of hydrogen-bond acceptors (Lipinski definition) is 8. The smallest absolute Gasteiger partial charge is 0.375 e. The second kappa shape index (κ2) is 10.2. The van der Waals surface area contributed by atoms with Crippen LogP contribution in [-0.2, 0) is 20.0 Å². The Morgan fingerprint density at radius 3 is 2.21 bits per heavy atom. The molecule has 0 radical (unpaired) electrons. The van der Waals surface area contributed by atoms with Crippen LogP contribution in [0.1, 0.15) is 19.4 Å². The molecule has 9 heteroatoms. The number of aliphatic imine (C=N–C) groups is 1. The average Bonchev–Trinajstić information content (AvgIpc) is 2.69. The molecule has 2 rings (SSSR count). The van der Waals surface area contributed by atoms with Crippen molar-refractivity contribution in [2.24, 2.45) is 4.99 Å². The molecule has 1 N–H and O–H groups in total. The minimum absolute atomic E-state index is 0.114. The van der Waals surface area contributed by atoms with Gasteiger partial charge in [0.2, 0.25) is 5.75 Å². The molecule has 0 aliphatic carbocycles. The van der Waals surface area contributed by atoms with Crippen molar-refractivity contribution in [1.29, 1.82) is 0 Å². The van der Waals surface area contributed by atoms with Crippen LogP contribution in [0.25, 0.3) is 0 Å². The van der Waals surface area contributed by atoms with E-state index in [2.05, 4.69) is 9.98 Å². The lowest BCUT2D eigenvalue weighted by molar-refractivity contribution is 0.232. The third kappa shape index (κ3) is 5.32. The molecule has 1 aromatic heterocycles. The van der Waals surface area contributed by atoms with Gasteiger partial charge in [0.15, 0.2) is 11.5 Å². The van der Waals surface area contributed by atoms with Crippen LogP contribution in [0.3, 0.4) is 0 Å². The molecule has 1 heterocycles. The van der Waals surface area contributed by atoms with E-state index in [0.717, 1.165) is 0 Å². The first-order valence-corrected chi connectivity index (χ1v) is 10.3. The summed E-state index contributed by atoms with van der Waals surface area (Å²) in [5.41, 5.74) is 1.41. The maximum absolute atomic E-state index is 13.4. The third-order valence-electron chi connectivity index (χ3n) is 3.72. The van der Waals surface area contributed by atoms with Crippen molar-refractivity contribution < 1.29 is 28.2 Å². The Bertz CT molecular complexity index is 822. The zero-order valence-electron chi connectivity index (χ0n) is 16.4. The highest BCUT2D eigenvalue weighted by Crippen LogP contribution is 2.51. The summed E-state index contributed by atoms with van der Waals surface area (Å²) in [6, 6.07) is 6.72. The fraction of sp³-hybridized carbons (Fsp3) is 0.368. The maximum Gasteiger partial charge on any atom is 0.375 e. The molecule has 0 amide bonds. The second-order valence-electron chi connectivity index (χ2n) is 5.60. The van der Waals surface area contributed by atoms with Gasteiger partial charge in [0.05, 0.1) is 39.3 Å². The lowest BCUT2D eigenvalue weighted by atomic mass is 10.1. The highest BCUT2D eigenvalue weighted by molar-refractivity contribution is 7.72. The quantitative estimate of drug-likeness (QED) is 0.461. The van der Waals surface area contributed by atoms with Crippen molar-refractivity contribution in [2.75, 3.05) is 27.4 Å². The van der Waals surface area contributed by atoms with Crippen molar-refractivity contribution in [1.82, 2.24) is 4.98 Å². The fourth-order valence-electron chi connectivity index (χ4n) is 2.53. The Balaban J connectivity index is 2.54. The lowest BCUT2D eigenvalue weighted by Crippen LogP contribution is -2.10. The normalized spacial score (nSPS) is 12.1. The molecule has 0 atom stereocenters. The average molecular weight is 408 g/mol. The summed E-state index contributed by atoms with van der Waals surface area (Å²) in [5, 5.41) is 10.1. The van der Waals surface area contributed by atoms with Crippen LogP contribution in [0.4, 0.5) is 5.69 Å². The van der Waals surface area contributed by atoms with E-state index < -0.39 is 7.60 Å². The van der Waals surface area contributed by atoms with Crippen LogP contribution in [0.2, 0.25) is 0 Å². The maximum atomic E-state index is 13.4. The molecule has 152 valence electrons. The number of ether oxygens (including phenoxy) is 2. The number of aromatic nitrogens is 1. The first-order chi connectivity index (χ1) is 13.5. The Morgan fingerprint density at radius 2 is 1.75 bits per heavy atom. The van der Waals surface area contributed by atoms with Gasteiger partial charge in [-0.05, 0) is 43.7 Å². The predicted molar refractivity (Wildman–Crippen MR) is 107 cm³/mol. The van der Waals surface area contributed by atoms with Crippen molar-refractivity contribution in [3.63, 3.8) is 0 Å². The molecule has 0 unspecified atom stereocenters. The molecule has 0 fully saturated rings. The van der Waals surface area contributed by atoms with E-state index in [1.807, 2.05) is 0 Å². The summed E-state index contributed by atoms with van der Waals surface area (Å²) in [7, 11) is -0.764. The zero-order chi connectivity index (χ0) is 20.6. The highest BCUT2D eigenvalue weighted by Gasteiger charge is 2.32. The molecular formula is C19H25N2O6P. The van der Waals surface area contributed by atoms with E-state index in [1.54, 1.807) is 50.5 Å². The van der Waals surface area contributed by atoms with Crippen LogP contribution < -0.4 is 9.47 Å². The Labute approximate surface area is 164 Å². The number of rotatable bonds is 10. The number of hydrogen-bond donors (Lipinski definition) is 1. The molecule has 0 aliphatic rings. The van der Waals surface area contributed by atoms with Crippen LogP contribution in [0.5, 0.6) is 17.2 Å². The highest BCUT2D eigenvalue weighted by atomic mass is 31.2. The number of phenols is 1. The molecule has 0 spiro atoms. The van der Waals surface area contributed by atoms with Gasteiger partial charge in [0.25, 0.3) is 0 Å². The molecule has 1 aromatic carbocycles. The van der Waals surface area contributed by atoms with Gasteiger partial charge < -0.3 is 23.6 Å². The Hall–Kier alpha value is -2.41. The van der Waals surface area contributed by atoms with E-state index in [0.29, 0.717) is 11.3 Å². The van der Waals surface area contributed by atoms with Gasteiger partial charge in [-0.2, -0.15) is 0 Å². The fourth-order valence-corrected chi connectivity index (χ4v) is 4.19. The van der Waals surface area contributed by atoms with Crippen molar-refractivity contribution in [3.8, 4) is 17.2 Å². The van der Waals surface area contributed by atoms with Crippen molar-refractivity contribution >= 4 is 18.7 Å². The standard InChI is InChI=1S/C19H25N2O6P/c1-5-26-28(23,27-6-2)18(21-15-8-7-9-20-13-15)12-14-10-16(24-3)19(22)17(11-14)25-4/h7-11,13,22H,5-6,12H2,1-4H3. The lowest BCUT2D eigenvalue weighted by Gasteiger charge is -2.20. The monoisotopic (exact) mass is 408 g/mol. The minimum atomic E-state index is -3.64. The van der Waals surface area contributed by atoms with Crippen LogP contribution >= 0.6 is 7.60 Å². The molecule has 8 nitrogen and oxygen atoms in total. The summed E-state index contributed by atoms with van der Waals surface area (Å²) in [6.07, 6.45) is 3.32. The molecule has 28 heavy (non-hydrogen) atoms. The Kier molecular flexibility index (Phi) is 7.99. The van der Waals surface area contributed by atoms with Gasteiger partial charge in [-0.15, -0.1) is 0 Å². The summed E-state index contributed by atoms with van der Waals surface area (Å²) >= 11 is 0. The number of pyridine rings is 1. The second-order valence-corrected chi connectivity index (χ2v) is 7.63. The first kappa shape index (κ1) is 21.9. The molecule has 0 saturated carbocycles. The molecular weight excluding hydrogens is 383 g/mol. The number of aromatic hydroxyl groups is 1. The largest absolute Gasteiger partial charge is 0.502 e. The third-order valence-corrected chi connectivity index (χ3v) is 5.81. The summed E-state index contributed by atoms with van der Waals surface area (Å²) in [5.74, 6) is 0.354. The number of benzene rings is 1. The van der Waals surface area contributed by atoms with E-state index >= 15 is 0 Å². The van der Waals surface area contributed by atoms with E-state index in [1.165, 1.54) is 14.2 Å². The van der Waals surface area contributed by atoms with Gasteiger partial charge in [-0.3, -0.25) is 9.55 Å². The van der Waals surface area contributed by atoms with Crippen molar-refractivity contribution in [3.05, 3.63) is 42.2 Å². The first-order valence-electron chi connectivity index (χ1n) is 8.78. The van der Waals surface area contributed by atoms with Gasteiger partial charge >= 0.3 is 7.60 Å². The number of nitrogens with zero attached hydrogens (tertiary/aromatic N) is 2. The SMILES string of the molecule is CCOP(=O)(OCC)C(Cc1cc(OC)c(O)c(OC)c1)=Nc1cccnc1. The van der Waals surface area contributed by atoms with Gasteiger partial charge in [-0.1, -0.05) is 0 Å².